The minimum atomic E-state index is -5.30. The van der Waals surface area contributed by atoms with Gasteiger partial charge in [-0.1, -0.05) is 0 Å². The second kappa shape index (κ2) is 7.87. The number of aromatic nitrogens is 1. The second-order valence-corrected chi connectivity index (χ2v) is 7.42. The normalized spacial score (nSPS) is 16.1. The number of fused-ring (bicyclic) bond motifs is 3. The third kappa shape index (κ3) is 3.84. The molecule has 0 aliphatic carbocycles. The summed E-state index contributed by atoms with van der Waals surface area (Å²) in [5.74, 6) is -7.51. The van der Waals surface area contributed by atoms with E-state index in [-0.39, 0.29) is 47.4 Å². The summed E-state index contributed by atoms with van der Waals surface area (Å²) in [6, 6.07) is 0.954. The van der Waals surface area contributed by atoms with Crippen molar-refractivity contribution in [3.05, 3.63) is 80.3 Å². The minimum Gasteiger partial charge on any atom is -0.373 e. The zero-order valence-corrected chi connectivity index (χ0v) is 16.6. The van der Waals surface area contributed by atoms with Crippen LogP contribution >= 0.6 is 0 Å². The van der Waals surface area contributed by atoms with Crippen LogP contribution < -0.4 is 5.56 Å². The summed E-state index contributed by atoms with van der Waals surface area (Å²) >= 11 is 0. The molecular weight excluding hydrogens is 461 g/mol. The van der Waals surface area contributed by atoms with E-state index in [4.69, 9.17) is 4.74 Å². The van der Waals surface area contributed by atoms with Gasteiger partial charge in [-0.2, -0.15) is 13.2 Å². The van der Waals surface area contributed by atoms with E-state index in [0.717, 1.165) is 11.0 Å². The van der Waals surface area contributed by atoms with Crippen molar-refractivity contribution in [2.24, 2.45) is 0 Å². The number of ether oxygens (including phenoxy) is 1. The number of H-pyrrole nitrogens is 1. The first-order valence-corrected chi connectivity index (χ1v) is 9.35. The van der Waals surface area contributed by atoms with Crippen LogP contribution in [0, 0.1) is 23.3 Å². The second-order valence-electron chi connectivity index (χ2n) is 7.42. The molecule has 0 fully saturated rings. The van der Waals surface area contributed by atoms with Gasteiger partial charge < -0.3 is 14.6 Å². The molecule has 33 heavy (non-hydrogen) atoms. The number of likely N-dealkylation sites (N-methyl/N-ethyl adjacent to an activating group) is 1. The summed E-state index contributed by atoms with van der Waals surface area (Å²) in [4.78, 5) is 28.6. The van der Waals surface area contributed by atoms with Gasteiger partial charge in [0.2, 0.25) is 0 Å². The van der Waals surface area contributed by atoms with Crippen LogP contribution in [-0.2, 0) is 17.5 Å². The smallest absolute Gasteiger partial charge is 0.373 e. The molecule has 2 aromatic carbocycles. The van der Waals surface area contributed by atoms with Gasteiger partial charge in [0.05, 0.1) is 24.6 Å². The molecule has 0 saturated carbocycles. The van der Waals surface area contributed by atoms with Gasteiger partial charge in [-0.3, -0.25) is 9.59 Å². The Hall–Kier alpha value is -3.41. The Morgan fingerprint density at radius 3 is 2.15 bits per heavy atom. The molecule has 174 valence electrons. The lowest BCUT2D eigenvalue weighted by Gasteiger charge is -2.34. The highest BCUT2D eigenvalue weighted by Crippen LogP contribution is 2.36. The van der Waals surface area contributed by atoms with Crippen molar-refractivity contribution in [3.63, 3.8) is 0 Å². The van der Waals surface area contributed by atoms with Crippen LogP contribution in [0.25, 0.3) is 10.8 Å². The molecule has 1 N–H and O–H groups in total. The summed E-state index contributed by atoms with van der Waals surface area (Å²) in [5.41, 5.74) is -3.20. The van der Waals surface area contributed by atoms with Gasteiger partial charge in [0.1, 0.15) is 17.2 Å². The van der Waals surface area contributed by atoms with Crippen molar-refractivity contribution in [2.75, 3.05) is 13.7 Å². The molecular formula is C21H13F7N2O3. The molecule has 1 aliphatic heterocycles. The van der Waals surface area contributed by atoms with Crippen molar-refractivity contribution >= 4 is 16.7 Å². The number of hydrogen-bond donors (Lipinski definition) is 1. The van der Waals surface area contributed by atoms with Crippen molar-refractivity contribution in [1.29, 1.82) is 0 Å². The summed E-state index contributed by atoms with van der Waals surface area (Å²) in [6.45, 7) is -0.317. The zero-order chi connectivity index (χ0) is 24.2. The fourth-order valence-corrected chi connectivity index (χ4v) is 3.86. The zero-order valence-electron chi connectivity index (χ0n) is 16.6. The topological polar surface area (TPSA) is 62.4 Å². The molecule has 0 bridgehead atoms. The van der Waals surface area contributed by atoms with Gasteiger partial charge in [0.25, 0.3) is 11.5 Å². The highest BCUT2D eigenvalue weighted by atomic mass is 19.4. The number of aromatic amines is 1. The monoisotopic (exact) mass is 474 g/mol. The van der Waals surface area contributed by atoms with Crippen LogP contribution in [0.3, 0.4) is 0 Å². The predicted molar refractivity (Wildman–Crippen MR) is 100 cm³/mol. The van der Waals surface area contributed by atoms with Crippen LogP contribution in [-0.4, -0.2) is 29.4 Å². The average Bonchev–Trinajstić information content (AvgIpc) is 2.72. The lowest BCUT2D eigenvalue weighted by atomic mass is 9.95. The number of halogens is 7. The molecule has 0 unspecified atom stereocenters. The van der Waals surface area contributed by atoms with Crippen LogP contribution in [0.2, 0.25) is 0 Å². The molecule has 3 aromatic rings. The number of amides is 1. The number of nitrogens with one attached hydrogen (secondary N) is 1. The largest absolute Gasteiger partial charge is 0.422 e. The summed E-state index contributed by atoms with van der Waals surface area (Å²) in [5, 5.41) is -0.211. The Labute approximate surface area is 180 Å². The van der Waals surface area contributed by atoms with E-state index < -0.39 is 58.1 Å². The van der Waals surface area contributed by atoms with Crippen molar-refractivity contribution in [1.82, 2.24) is 9.88 Å². The molecule has 1 amide bonds. The lowest BCUT2D eigenvalue weighted by Crippen LogP contribution is -2.37. The van der Waals surface area contributed by atoms with E-state index in [1.165, 1.54) is 7.05 Å². The third-order valence-electron chi connectivity index (χ3n) is 5.40. The van der Waals surface area contributed by atoms with E-state index in [9.17, 15) is 40.3 Å². The quantitative estimate of drug-likeness (QED) is 0.559. The number of alkyl halides is 3. The van der Waals surface area contributed by atoms with Crippen molar-refractivity contribution < 1.29 is 40.3 Å². The summed E-state index contributed by atoms with van der Waals surface area (Å²) < 4.78 is 99.4. The first kappa shape index (κ1) is 22.8. The van der Waals surface area contributed by atoms with Crippen LogP contribution in [0.5, 0.6) is 0 Å². The minimum absolute atomic E-state index is 0.00891. The number of rotatable bonds is 2. The predicted octanol–water partition coefficient (Wildman–Crippen LogP) is 4.45. The Morgan fingerprint density at radius 1 is 1.00 bits per heavy atom. The Morgan fingerprint density at radius 2 is 1.58 bits per heavy atom. The van der Waals surface area contributed by atoms with Crippen LogP contribution in [0.4, 0.5) is 30.7 Å². The molecule has 1 aromatic heterocycles. The fraction of sp³-hybridized carbons (Fsp3) is 0.238. The highest BCUT2D eigenvalue weighted by Gasteiger charge is 2.39. The molecule has 0 radical (unpaired) electrons. The molecule has 1 aliphatic rings. The van der Waals surface area contributed by atoms with Gasteiger partial charge >= 0.3 is 6.18 Å². The molecule has 4 rings (SSSR count). The van der Waals surface area contributed by atoms with Crippen LogP contribution in [0.15, 0.2) is 29.1 Å². The Kier molecular flexibility index (Phi) is 5.43. The maximum Gasteiger partial charge on any atom is 0.422 e. The standard InChI is InChI=1S/C21H13F7N2O3/c1-30(20(32)8-2-13(24)18(14(25)3-8)21(26,27)28)16-7-33-6-15-17(16)9-4-11(22)12(23)5-10(9)19(31)29-15/h2-5,16H,6-7H2,1H3,(H,29,31)/t16-/m0/s1. The van der Waals surface area contributed by atoms with E-state index in [1.54, 1.807) is 0 Å². The number of carbonyl (C=O) groups excluding carboxylic acids is 1. The maximum absolute atomic E-state index is 14.0. The number of pyridine rings is 1. The number of hydrogen-bond acceptors (Lipinski definition) is 3. The average molecular weight is 474 g/mol. The van der Waals surface area contributed by atoms with Crippen LogP contribution in [0.1, 0.15) is 33.2 Å². The SMILES string of the molecule is CN(C(=O)c1cc(F)c(C(F)(F)F)c(F)c1)[C@H]1COCc2[nH]c(=O)c3cc(F)c(F)cc3c21. The first-order chi connectivity index (χ1) is 15.4. The number of benzene rings is 2. The molecule has 5 nitrogen and oxygen atoms in total. The molecule has 0 saturated heterocycles. The van der Waals surface area contributed by atoms with E-state index in [0.29, 0.717) is 6.07 Å². The van der Waals surface area contributed by atoms with Crippen molar-refractivity contribution in [2.45, 2.75) is 18.8 Å². The maximum atomic E-state index is 14.0. The highest BCUT2D eigenvalue weighted by molar-refractivity contribution is 5.95. The first-order valence-electron chi connectivity index (χ1n) is 9.35. The molecule has 0 spiro atoms. The van der Waals surface area contributed by atoms with E-state index in [1.807, 2.05) is 0 Å². The molecule has 1 atom stereocenters. The molecule has 2 heterocycles. The van der Waals surface area contributed by atoms with E-state index in [2.05, 4.69) is 4.98 Å². The number of nitrogens with zero attached hydrogens (tertiary/aromatic N) is 1. The fourth-order valence-electron chi connectivity index (χ4n) is 3.86. The summed E-state index contributed by atoms with van der Waals surface area (Å²) in [6.07, 6.45) is -5.30. The third-order valence-corrected chi connectivity index (χ3v) is 5.40. The van der Waals surface area contributed by atoms with Gasteiger partial charge in [0.15, 0.2) is 11.6 Å². The van der Waals surface area contributed by atoms with E-state index >= 15 is 0 Å². The number of carbonyl (C=O) groups is 1. The molecule has 12 heteroatoms. The summed E-state index contributed by atoms with van der Waals surface area (Å²) in [7, 11) is 1.19. The van der Waals surface area contributed by atoms with Gasteiger partial charge in [0, 0.05) is 23.9 Å². The van der Waals surface area contributed by atoms with Gasteiger partial charge in [-0.15, -0.1) is 0 Å². The Bertz CT molecular complexity index is 1330. The Balaban J connectivity index is 1.81. The lowest BCUT2D eigenvalue weighted by molar-refractivity contribution is -0.142. The van der Waals surface area contributed by atoms with Crippen molar-refractivity contribution in [3.8, 4) is 0 Å². The van der Waals surface area contributed by atoms with Gasteiger partial charge in [-0.05, 0) is 29.7 Å². The van der Waals surface area contributed by atoms with Gasteiger partial charge in [-0.25, -0.2) is 17.6 Å².